The van der Waals surface area contributed by atoms with Gasteiger partial charge in [0.05, 0.1) is 6.04 Å². The zero-order valence-electron chi connectivity index (χ0n) is 9.40. The van der Waals surface area contributed by atoms with E-state index in [0.29, 0.717) is 5.02 Å². The fourth-order valence-corrected chi connectivity index (χ4v) is 1.88. The minimum Gasteiger partial charge on any atom is -0.459 e. The average Bonchev–Trinajstić information content (AvgIpc) is 2.59. The van der Waals surface area contributed by atoms with E-state index in [2.05, 4.69) is 0 Å². The van der Waals surface area contributed by atoms with E-state index in [1.54, 1.807) is 0 Å². The van der Waals surface area contributed by atoms with Gasteiger partial charge in [-0.15, -0.1) is 0 Å². The summed E-state index contributed by atoms with van der Waals surface area (Å²) in [6.07, 6.45) is 0. The lowest BCUT2D eigenvalue weighted by Gasteiger charge is -2.14. The maximum atomic E-state index is 6.03. The maximum Gasteiger partial charge on any atom is 0.134 e. The van der Waals surface area contributed by atoms with E-state index >= 15 is 0 Å². The van der Waals surface area contributed by atoms with Crippen LogP contribution in [0.3, 0.4) is 0 Å². The minimum atomic E-state index is -0.110. The molecule has 0 aliphatic rings. The number of nitrogens with two attached hydrogens (primary N) is 1. The number of likely N-dealkylation sites (N-methyl/N-ethyl adjacent to an activating group) is 1. The number of rotatable bonds is 3. The first kappa shape index (κ1) is 11.5. The molecule has 0 fully saturated rings. The van der Waals surface area contributed by atoms with Crippen LogP contribution < -0.4 is 5.73 Å². The van der Waals surface area contributed by atoms with Crippen LogP contribution in [-0.2, 0) is 0 Å². The highest BCUT2D eigenvalue weighted by atomic mass is 35.5. The van der Waals surface area contributed by atoms with Gasteiger partial charge < -0.3 is 15.1 Å². The van der Waals surface area contributed by atoms with E-state index in [1.807, 2.05) is 43.3 Å². The molecule has 0 spiro atoms. The number of nitrogens with zero attached hydrogens (tertiary/aromatic N) is 1. The maximum absolute atomic E-state index is 6.03. The second kappa shape index (κ2) is 4.45. The van der Waals surface area contributed by atoms with E-state index in [4.69, 9.17) is 21.8 Å². The third-order valence-corrected chi connectivity index (χ3v) is 2.66. The molecule has 1 aromatic carbocycles. The van der Waals surface area contributed by atoms with Crippen molar-refractivity contribution in [3.63, 3.8) is 0 Å². The molecule has 4 heteroatoms. The van der Waals surface area contributed by atoms with Crippen molar-refractivity contribution in [3.05, 3.63) is 35.0 Å². The topological polar surface area (TPSA) is 42.4 Å². The summed E-state index contributed by atoms with van der Waals surface area (Å²) in [7, 11) is 3.97. The standard InChI is InChI=1S/C12H15ClN2O/c1-15(2)7-10(14)12-6-8-5-9(13)3-4-11(8)16-12/h3-6,10H,7,14H2,1-2H3. The highest BCUT2D eigenvalue weighted by Gasteiger charge is 2.12. The Morgan fingerprint density at radius 2 is 2.12 bits per heavy atom. The molecule has 0 radical (unpaired) electrons. The summed E-state index contributed by atoms with van der Waals surface area (Å²) in [5, 5.41) is 1.71. The Morgan fingerprint density at radius 3 is 2.81 bits per heavy atom. The molecule has 0 saturated heterocycles. The number of furan rings is 1. The fourth-order valence-electron chi connectivity index (χ4n) is 1.70. The molecular formula is C12H15ClN2O. The van der Waals surface area contributed by atoms with E-state index in [9.17, 15) is 0 Å². The molecule has 0 bridgehead atoms. The molecular weight excluding hydrogens is 224 g/mol. The van der Waals surface area contributed by atoms with Crippen molar-refractivity contribution < 1.29 is 4.42 Å². The molecule has 0 aliphatic carbocycles. The number of hydrogen-bond acceptors (Lipinski definition) is 3. The minimum absolute atomic E-state index is 0.110. The van der Waals surface area contributed by atoms with Gasteiger partial charge in [-0.3, -0.25) is 0 Å². The predicted octanol–water partition coefficient (Wildman–Crippen LogP) is 2.65. The smallest absolute Gasteiger partial charge is 0.134 e. The Kier molecular flexibility index (Phi) is 3.19. The lowest BCUT2D eigenvalue weighted by atomic mass is 10.2. The summed E-state index contributed by atoms with van der Waals surface area (Å²) in [5.74, 6) is 0.797. The molecule has 86 valence electrons. The Morgan fingerprint density at radius 1 is 1.38 bits per heavy atom. The largest absolute Gasteiger partial charge is 0.459 e. The van der Waals surface area contributed by atoms with Crippen LogP contribution in [0.2, 0.25) is 5.02 Å². The number of benzene rings is 1. The van der Waals surface area contributed by atoms with Gasteiger partial charge in [0.15, 0.2) is 0 Å². The van der Waals surface area contributed by atoms with Crippen molar-refractivity contribution in [2.45, 2.75) is 6.04 Å². The summed E-state index contributed by atoms with van der Waals surface area (Å²) in [5.41, 5.74) is 6.86. The van der Waals surface area contributed by atoms with E-state index in [-0.39, 0.29) is 6.04 Å². The second-order valence-corrected chi connectivity index (χ2v) is 4.64. The molecule has 0 aliphatic heterocycles. The van der Waals surface area contributed by atoms with Crippen molar-refractivity contribution in [2.24, 2.45) is 5.73 Å². The zero-order valence-corrected chi connectivity index (χ0v) is 10.2. The monoisotopic (exact) mass is 238 g/mol. The Bertz CT molecular complexity index is 493. The molecule has 0 amide bonds. The summed E-state index contributed by atoms with van der Waals surface area (Å²) in [4.78, 5) is 2.03. The van der Waals surface area contributed by atoms with Crippen LogP contribution in [0, 0.1) is 0 Å². The van der Waals surface area contributed by atoms with Crippen LogP contribution in [0.4, 0.5) is 0 Å². The zero-order chi connectivity index (χ0) is 11.7. The van der Waals surface area contributed by atoms with E-state index in [0.717, 1.165) is 23.3 Å². The van der Waals surface area contributed by atoms with Gasteiger partial charge in [0.25, 0.3) is 0 Å². The average molecular weight is 239 g/mol. The normalized spacial score (nSPS) is 13.6. The summed E-state index contributed by atoms with van der Waals surface area (Å²) in [6, 6.07) is 7.40. The Hall–Kier alpha value is -1.03. The van der Waals surface area contributed by atoms with Gasteiger partial charge in [-0.2, -0.15) is 0 Å². The summed E-state index contributed by atoms with van der Waals surface area (Å²) < 4.78 is 5.68. The first-order chi connectivity index (χ1) is 7.56. The quantitative estimate of drug-likeness (QED) is 0.894. The molecule has 3 nitrogen and oxygen atoms in total. The SMILES string of the molecule is CN(C)CC(N)c1cc2cc(Cl)ccc2o1. The van der Waals surface area contributed by atoms with Gasteiger partial charge in [-0.1, -0.05) is 11.6 Å². The van der Waals surface area contributed by atoms with Gasteiger partial charge >= 0.3 is 0 Å². The highest BCUT2D eigenvalue weighted by molar-refractivity contribution is 6.31. The lowest BCUT2D eigenvalue weighted by molar-refractivity contribution is 0.350. The van der Waals surface area contributed by atoms with Crippen LogP contribution in [0.1, 0.15) is 11.8 Å². The molecule has 1 aromatic heterocycles. The third kappa shape index (κ3) is 2.38. The number of fused-ring (bicyclic) bond motifs is 1. The summed E-state index contributed by atoms with van der Waals surface area (Å²) >= 11 is 5.91. The lowest BCUT2D eigenvalue weighted by Crippen LogP contribution is -2.25. The molecule has 2 rings (SSSR count). The molecule has 2 N–H and O–H groups in total. The Labute approximate surface area is 99.8 Å². The number of halogens is 1. The van der Waals surface area contributed by atoms with Crippen molar-refractivity contribution in [1.82, 2.24) is 4.90 Å². The van der Waals surface area contributed by atoms with Gasteiger partial charge in [0.2, 0.25) is 0 Å². The van der Waals surface area contributed by atoms with Crippen LogP contribution in [0.5, 0.6) is 0 Å². The molecule has 1 heterocycles. The van der Waals surface area contributed by atoms with Crippen molar-refractivity contribution >= 4 is 22.6 Å². The first-order valence-corrected chi connectivity index (χ1v) is 5.53. The van der Waals surface area contributed by atoms with Crippen LogP contribution in [0.15, 0.2) is 28.7 Å². The van der Waals surface area contributed by atoms with E-state index < -0.39 is 0 Å². The van der Waals surface area contributed by atoms with Crippen molar-refractivity contribution in [1.29, 1.82) is 0 Å². The van der Waals surface area contributed by atoms with Gasteiger partial charge in [-0.25, -0.2) is 0 Å². The van der Waals surface area contributed by atoms with Gasteiger partial charge in [-0.05, 0) is 38.4 Å². The Balaban J connectivity index is 2.32. The van der Waals surface area contributed by atoms with Crippen molar-refractivity contribution in [3.8, 4) is 0 Å². The predicted molar refractivity (Wildman–Crippen MR) is 66.7 cm³/mol. The second-order valence-electron chi connectivity index (χ2n) is 4.20. The number of hydrogen-bond donors (Lipinski definition) is 1. The molecule has 16 heavy (non-hydrogen) atoms. The van der Waals surface area contributed by atoms with Crippen LogP contribution in [-0.4, -0.2) is 25.5 Å². The first-order valence-electron chi connectivity index (χ1n) is 5.15. The van der Waals surface area contributed by atoms with Crippen LogP contribution >= 0.6 is 11.6 Å². The molecule has 1 unspecified atom stereocenters. The highest BCUT2D eigenvalue weighted by Crippen LogP contribution is 2.25. The van der Waals surface area contributed by atoms with E-state index in [1.165, 1.54) is 0 Å². The van der Waals surface area contributed by atoms with Gasteiger partial charge in [0.1, 0.15) is 11.3 Å². The van der Waals surface area contributed by atoms with Crippen molar-refractivity contribution in [2.75, 3.05) is 20.6 Å². The van der Waals surface area contributed by atoms with Crippen LogP contribution in [0.25, 0.3) is 11.0 Å². The molecule has 1 atom stereocenters. The fraction of sp³-hybridized carbons (Fsp3) is 0.333. The van der Waals surface area contributed by atoms with Gasteiger partial charge in [0, 0.05) is 17.0 Å². The summed E-state index contributed by atoms with van der Waals surface area (Å²) in [6.45, 7) is 0.757. The molecule has 2 aromatic rings. The molecule has 0 saturated carbocycles. The third-order valence-electron chi connectivity index (χ3n) is 2.42.